The minimum Gasteiger partial charge on any atom is -0.397 e. The van der Waals surface area contributed by atoms with E-state index in [1.807, 2.05) is 0 Å². The Morgan fingerprint density at radius 1 is 1.40 bits per heavy atom. The molecule has 1 aliphatic heterocycles. The standard InChI is InChI=1S/C15H22N4O/c16-12-1-2-13(17-9-12)7-15(20)18-8-11-5-6-19(10-11)14-3-4-14/h1-2,9,11,14H,3-8,10,16H2,(H,18,20). The fourth-order valence-corrected chi connectivity index (χ4v) is 2.83. The molecular formula is C15H22N4O. The fraction of sp³-hybridized carbons (Fsp3) is 0.600. The first kappa shape index (κ1) is 13.4. The highest BCUT2D eigenvalue weighted by Gasteiger charge is 2.34. The Kier molecular flexibility index (Phi) is 3.87. The van der Waals surface area contributed by atoms with Gasteiger partial charge in [-0.2, -0.15) is 0 Å². The van der Waals surface area contributed by atoms with Crippen LogP contribution in [-0.4, -0.2) is 41.5 Å². The molecule has 2 fully saturated rings. The number of rotatable bonds is 5. The lowest BCUT2D eigenvalue weighted by atomic mass is 10.1. The Bertz CT molecular complexity index is 469. The lowest BCUT2D eigenvalue weighted by molar-refractivity contribution is -0.120. The van der Waals surface area contributed by atoms with Crippen LogP contribution in [0.1, 0.15) is 25.0 Å². The Morgan fingerprint density at radius 2 is 2.25 bits per heavy atom. The SMILES string of the molecule is Nc1ccc(CC(=O)NCC2CCN(C3CC3)C2)nc1. The topological polar surface area (TPSA) is 71.2 Å². The van der Waals surface area contributed by atoms with Crippen molar-refractivity contribution in [1.82, 2.24) is 15.2 Å². The van der Waals surface area contributed by atoms with Gasteiger partial charge in [-0.25, -0.2) is 0 Å². The molecule has 0 bridgehead atoms. The van der Waals surface area contributed by atoms with Gasteiger partial charge in [0, 0.05) is 24.8 Å². The van der Waals surface area contributed by atoms with Crippen molar-refractivity contribution in [3.05, 3.63) is 24.0 Å². The van der Waals surface area contributed by atoms with Crippen LogP contribution in [0.25, 0.3) is 0 Å². The van der Waals surface area contributed by atoms with Crippen LogP contribution >= 0.6 is 0 Å². The molecular weight excluding hydrogens is 252 g/mol. The molecule has 5 heteroatoms. The van der Waals surface area contributed by atoms with E-state index in [0.29, 0.717) is 18.0 Å². The Hall–Kier alpha value is -1.62. The summed E-state index contributed by atoms with van der Waals surface area (Å²) in [5.41, 5.74) is 6.97. The zero-order valence-corrected chi connectivity index (χ0v) is 11.7. The van der Waals surface area contributed by atoms with Crippen LogP contribution in [-0.2, 0) is 11.2 Å². The number of carbonyl (C=O) groups is 1. The van der Waals surface area contributed by atoms with Crippen molar-refractivity contribution in [1.29, 1.82) is 0 Å². The molecule has 108 valence electrons. The normalized spacial score (nSPS) is 22.9. The van der Waals surface area contributed by atoms with E-state index in [9.17, 15) is 4.79 Å². The van der Waals surface area contributed by atoms with E-state index in [2.05, 4.69) is 15.2 Å². The third kappa shape index (κ3) is 3.48. The molecule has 3 rings (SSSR count). The number of aromatic nitrogens is 1. The highest BCUT2D eigenvalue weighted by molar-refractivity contribution is 5.78. The highest BCUT2D eigenvalue weighted by Crippen LogP contribution is 2.31. The van der Waals surface area contributed by atoms with Gasteiger partial charge in [-0.3, -0.25) is 9.78 Å². The molecule has 0 radical (unpaired) electrons. The number of nitrogens with two attached hydrogens (primary N) is 1. The number of pyridine rings is 1. The molecule has 2 heterocycles. The summed E-state index contributed by atoms with van der Waals surface area (Å²) < 4.78 is 0. The van der Waals surface area contributed by atoms with Crippen LogP contribution in [0.2, 0.25) is 0 Å². The summed E-state index contributed by atoms with van der Waals surface area (Å²) in [6.07, 6.45) is 5.85. The molecule has 1 saturated carbocycles. The van der Waals surface area contributed by atoms with Gasteiger partial charge in [-0.15, -0.1) is 0 Å². The van der Waals surface area contributed by atoms with Crippen LogP contribution in [0.15, 0.2) is 18.3 Å². The molecule has 0 spiro atoms. The first-order chi connectivity index (χ1) is 9.70. The van der Waals surface area contributed by atoms with E-state index in [4.69, 9.17) is 5.73 Å². The van der Waals surface area contributed by atoms with Crippen LogP contribution in [0.5, 0.6) is 0 Å². The van der Waals surface area contributed by atoms with E-state index in [0.717, 1.165) is 24.8 Å². The number of hydrogen-bond acceptors (Lipinski definition) is 4. The third-order valence-corrected chi connectivity index (χ3v) is 4.16. The van der Waals surface area contributed by atoms with Crippen LogP contribution in [0.3, 0.4) is 0 Å². The summed E-state index contributed by atoms with van der Waals surface area (Å²) in [7, 11) is 0. The van der Waals surface area contributed by atoms with Crippen molar-refractivity contribution in [2.24, 2.45) is 5.92 Å². The molecule has 1 atom stereocenters. The summed E-state index contributed by atoms with van der Waals surface area (Å²) >= 11 is 0. The summed E-state index contributed by atoms with van der Waals surface area (Å²) in [5, 5.41) is 3.03. The number of nitrogen functional groups attached to an aromatic ring is 1. The van der Waals surface area contributed by atoms with Crippen LogP contribution in [0.4, 0.5) is 5.69 Å². The number of carbonyl (C=O) groups excluding carboxylic acids is 1. The molecule has 0 aromatic carbocycles. The van der Waals surface area contributed by atoms with Gasteiger partial charge < -0.3 is 16.0 Å². The number of likely N-dealkylation sites (tertiary alicyclic amines) is 1. The molecule has 5 nitrogen and oxygen atoms in total. The fourth-order valence-electron chi connectivity index (χ4n) is 2.83. The quantitative estimate of drug-likeness (QED) is 0.833. The second-order valence-corrected chi connectivity index (χ2v) is 5.94. The van der Waals surface area contributed by atoms with E-state index < -0.39 is 0 Å². The Morgan fingerprint density at radius 3 is 2.95 bits per heavy atom. The molecule has 1 amide bonds. The number of anilines is 1. The maximum atomic E-state index is 11.9. The van der Waals surface area contributed by atoms with Gasteiger partial charge >= 0.3 is 0 Å². The lowest BCUT2D eigenvalue weighted by Crippen LogP contribution is -2.32. The lowest BCUT2D eigenvalue weighted by Gasteiger charge is -2.15. The summed E-state index contributed by atoms with van der Waals surface area (Å²) in [4.78, 5) is 18.6. The maximum Gasteiger partial charge on any atom is 0.226 e. The van der Waals surface area contributed by atoms with Gasteiger partial charge in [0.15, 0.2) is 0 Å². The highest BCUT2D eigenvalue weighted by atomic mass is 16.1. The van der Waals surface area contributed by atoms with Gasteiger partial charge in [-0.05, 0) is 43.9 Å². The largest absolute Gasteiger partial charge is 0.397 e. The first-order valence-electron chi connectivity index (χ1n) is 7.42. The van der Waals surface area contributed by atoms with E-state index in [1.54, 1.807) is 18.3 Å². The predicted molar refractivity (Wildman–Crippen MR) is 78.1 cm³/mol. The summed E-state index contributed by atoms with van der Waals surface area (Å²) in [5.74, 6) is 0.658. The van der Waals surface area contributed by atoms with Crippen molar-refractivity contribution in [3.8, 4) is 0 Å². The first-order valence-corrected chi connectivity index (χ1v) is 7.42. The summed E-state index contributed by atoms with van der Waals surface area (Å²) in [6.45, 7) is 3.13. The van der Waals surface area contributed by atoms with E-state index in [1.165, 1.54) is 25.8 Å². The van der Waals surface area contributed by atoms with Gasteiger partial charge in [0.05, 0.1) is 18.3 Å². The third-order valence-electron chi connectivity index (χ3n) is 4.16. The second kappa shape index (κ2) is 5.79. The van der Waals surface area contributed by atoms with Gasteiger partial charge in [0.25, 0.3) is 0 Å². The smallest absolute Gasteiger partial charge is 0.226 e. The maximum absolute atomic E-state index is 11.9. The Balaban J connectivity index is 1.39. The van der Waals surface area contributed by atoms with Crippen LogP contribution in [0, 0.1) is 5.92 Å². The molecule has 3 N–H and O–H groups in total. The van der Waals surface area contributed by atoms with E-state index in [-0.39, 0.29) is 5.91 Å². The molecule has 2 aliphatic rings. The average Bonchev–Trinajstić information content (AvgIpc) is 3.18. The number of nitrogens with one attached hydrogen (secondary N) is 1. The molecule has 1 saturated heterocycles. The molecule has 20 heavy (non-hydrogen) atoms. The van der Waals surface area contributed by atoms with Gasteiger partial charge in [0.1, 0.15) is 0 Å². The zero-order chi connectivity index (χ0) is 13.9. The Labute approximate surface area is 119 Å². The van der Waals surface area contributed by atoms with Gasteiger partial charge in [-0.1, -0.05) is 0 Å². The van der Waals surface area contributed by atoms with Crippen molar-refractivity contribution in [3.63, 3.8) is 0 Å². The van der Waals surface area contributed by atoms with Crippen molar-refractivity contribution >= 4 is 11.6 Å². The minimum atomic E-state index is 0.0483. The van der Waals surface area contributed by atoms with Gasteiger partial charge in [0.2, 0.25) is 5.91 Å². The summed E-state index contributed by atoms with van der Waals surface area (Å²) in [6, 6.07) is 4.43. The minimum absolute atomic E-state index is 0.0483. The predicted octanol–water partition coefficient (Wildman–Crippen LogP) is 0.807. The number of hydrogen-bond donors (Lipinski definition) is 2. The molecule has 1 aromatic heterocycles. The zero-order valence-electron chi connectivity index (χ0n) is 11.7. The van der Waals surface area contributed by atoms with Crippen molar-refractivity contribution in [2.45, 2.75) is 31.7 Å². The average molecular weight is 274 g/mol. The second-order valence-electron chi connectivity index (χ2n) is 5.94. The van der Waals surface area contributed by atoms with Crippen molar-refractivity contribution in [2.75, 3.05) is 25.4 Å². The van der Waals surface area contributed by atoms with Crippen molar-refractivity contribution < 1.29 is 4.79 Å². The van der Waals surface area contributed by atoms with Crippen LogP contribution < -0.4 is 11.1 Å². The van der Waals surface area contributed by atoms with E-state index >= 15 is 0 Å². The monoisotopic (exact) mass is 274 g/mol. The number of amides is 1. The molecule has 1 unspecified atom stereocenters. The number of nitrogens with zero attached hydrogens (tertiary/aromatic N) is 2. The molecule has 1 aliphatic carbocycles. The molecule has 1 aromatic rings.